The summed E-state index contributed by atoms with van der Waals surface area (Å²) in [7, 11) is 0. The van der Waals surface area contributed by atoms with Gasteiger partial charge in [-0.25, -0.2) is 4.79 Å². The van der Waals surface area contributed by atoms with E-state index in [4.69, 9.17) is 0 Å². The number of benzene rings is 1. The third-order valence-corrected chi connectivity index (χ3v) is 4.02. The monoisotopic (exact) mass is 290 g/mol. The quantitative estimate of drug-likeness (QED) is 0.767. The van der Waals surface area contributed by atoms with Crippen LogP contribution in [-0.4, -0.2) is 28.6 Å². The van der Waals surface area contributed by atoms with Gasteiger partial charge in [-0.3, -0.25) is 4.79 Å². The first-order valence-corrected chi connectivity index (χ1v) is 7.32. The number of fused-ring (bicyclic) bond motifs is 1. The Balaban J connectivity index is 2.06. The van der Waals surface area contributed by atoms with E-state index in [0.717, 1.165) is 5.56 Å². The van der Waals surface area contributed by atoms with Crippen LogP contribution in [0.2, 0.25) is 0 Å². The number of nitrogens with one attached hydrogen (secondary N) is 2. The molecule has 0 saturated heterocycles. The first-order valence-electron chi connectivity index (χ1n) is 7.32. The number of aliphatic carboxylic acids is 1. The van der Waals surface area contributed by atoms with Crippen molar-refractivity contribution in [2.24, 2.45) is 0 Å². The van der Waals surface area contributed by atoms with Gasteiger partial charge >= 0.3 is 5.97 Å². The van der Waals surface area contributed by atoms with Crippen molar-refractivity contribution in [2.75, 3.05) is 0 Å². The van der Waals surface area contributed by atoms with Gasteiger partial charge in [-0.1, -0.05) is 37.6 Å². The molecule has 5 nitrogen and oxygen atoms in total. The molecule has 2 rings (SSSR count). The van der Waals surface area contributed by atoms with E-state index < -0.39 is 11.5 Å². The average molecular weight is 290 g/mol. The van der Waals surface area contributed by atoms with Gasteiger partial charge in [0.25, 0.3) is 0 Å². The molecular weight excluding hydrogens is 268 g/mol. The van der Waals surface area contributed by atoms with Crippen LogP contribution in [-0.2, 0) is 22.6 Å². The maximum Gasteiger partial charge on any atom is 0.329 e. The van der Waals surface area contributed by atoms with Crippen molar-refractivity contribution >= 4 is 11.9 Å². The Morgan fingerprint density at radius 2 is 2.05 bits per heavy atom. The Kier molecular flexibility index (Phi) is 4.63. The molecule has 1 amide bonds. The van der Waals surface area contributed by atoms with Gasteiger partial charge < -0.3 is 15.7 Å². The number of hydrogen-bond acceptors (Lipinski definition) is 3. The summed E-state index contributed by atoms with van der Waals surface area (Å²) in [6.45, 7) is 4.10. The van der Waals surface area contributed by atoms with Gasteiger partial charge in [0.1, 0.15) is 5.54 Å². The Hall–Kier alpha value is -1.88. The smallest absolute Gasteiger partial charge is 0.329 e. The lowest BCUT2D eigenvalue weighted by molar-refractivity contribution is -0.147. The second-order valence-electron chi connectivity index (χ2n) is 5.78. The van der Waals surface area contributed by atoms with Crippen molar-refractivity contribution in [3.63, 3.8) is 0 Å². The summed E-state index contributed by atoms with van der Waals surface area (Å²) in [5, 5.41) is 15.2. The molecule has 0 spiro atoms. The molecule has 5 heteroatoms. The minimum absolute atomic E-state index is 0.247. The molecule has 0 saturated carbocycles. The van der Waals surface area contributed by atoms with E-state index in [1.54, 1.807) is 6.92 Å². The zero-order valence-corrected chi connectivity index (χ0v) is 12.5. The van der Waals surface area contributed by atoms with Crippen LogP contribution in [0.1, 0.15) is 37.8 Å². The van der Waals surface area contributed by atoms with Crippen molar-refractivity contribution in [2.45, 2.75) is 51.2 Å². The fourth-order valence-corrected chi connectivity index (χ4v) is 2.72. The molecule has 1 aliphatic rings. The predicted octanol–water partition coefficient (Wildman–Crippen LogP) is 1.46. The van der Waals surface area contributed by atoms with Crippen LogP contribution < -0.4 is 10.6 Å². The molecule has 1 heterocycles. The van der Waals surface area contributed by atoms with Crippen LogP contribution >= 0.6 is 0 Å². The zero-order valence-electron chi connectivity index (χ0n) is 12.5. The van der Waals surface area contributed by atoms with Crippen molar-refractivity contribution < 1.29 is 14.7 Å². The van der Waals surface area contributed by atoms with Gasteiger partial charge in [-0.05, 0) is 30.9 Å². The fourth-order valence-electron chi connectivity index (χ4n) is 2.72. The number of carboxylic acids is 1. The first-order chi connectivity index (χ1) is 9.96. The maximum absolute atomic E-state index is 12.4. The summed E-state index contributed by atoms with van der Waals surface area (Å²) in [5.41, 5.74) is 1.13. The van der Waals surface area contributed by atoms with E-state index in [1.165, 1.54) is 5.56 Å². The summed E-state index contributed by atoms with van der Waals surface area (Å²) in [4.78, 5) is 23.8. The van der Waals surface area contributed by atoms with Crippen molar-refractivity contribution in [3.05, 3.63) is 35.4 Å². The highest BCUT2D eigenvalue weighted by atomic mass is 16.4. The Bertz CT molecular complexity index is 544. The lowest BCUT2D eigenvalue weighted by atomic mass is 9.92. The second-order valence-corrected chi connectivity index (χ2v) is 5.78. The Morgan fingerprint density at radius 1 is 1.38 bits per heavy atom. The molecule has 1 aromatic carbocycles. The van der Waals surface area contributed by atoms with Crippen LogP contribution in [0, 0.1) is 0 Å². The number of carbonyl (C=O) groups is 2. The van der Waals surface area contributed by atoms with Crippen LogP contribution in [0.15, 0.2) is 24.3 Å². The first kappa shape index (κ1) is 15.5. The molecule has 1 aromatic rings. The van der Waals surface area contributed by atoms with E-state index >= 15 is 0 Å². The van der Waals surface area contributed by atoms with Crippen LogP contribution in [0.4, 0.5) is 0 Å². The minimum Gasteiger partial charge on any atom is -0.480 e. The van der Waals surface area contributed by atoms with Crippen molar-refractivity contribution in [3.8, 4) is 0 Å². The van der Waals surface area contributed by atoms with E-state index in [2.05, 4.69) is 10.6 Å². The second kappa shape index (κ2) is 6.26. The molecular formula is C16H22N2O3. The SMILES string of the molecule is CCCC(C)(NC(=O)[C@@H]1Cc2ccccc2CN1)C(=O)O. The summed E-state index contributed by atoms with van der Waals surface area (Å²) < 4.78 is 0. The topological polar surface area (TPSA) is 78.4 Å². The normalized spacial score (nSPS) is 20.2. The molecule has 1 unspecified atom stereocenters. The molecule has 114 valence electrons. The standard InChI is InChI=1S/C16H22N2O3/c1-3-8-16(2,15(20)21)18-14(19)13-9-11-6-4-5-7-12(11)10-17-13/h4-7,13,17H,3,8-10H2,1-2H3,(H,18,19)(H,20,21)/t13-,16?/m0/s1. The van der Waals surface area contributed by atoms with Crippen LogP contribution in [0.3, 0.4) is 0 Å². The van der Waals surface area contributed by atoms with Crippen LogP contribution in [0.5, 0.6) is 0 Å². The molecule has 0 fully saturated rings. The van der Waals surface area contributed by atoms with E-state index in [-0.39, 0.29) is 11.9 Å². The summed E-state index contributed by atoms with van der Waals surface area (Å²) in [6.07, 6.45) is 1.70. The van der Waals surface area contributed by atoms with Gasteiger partial charge in [-0.15, -0.1) is 0 Å². The van der Waals surface area contributed by atoms with E-state index in [1.807, 2.05) is 31.2 Å². The molecule has 3 N–H and O–H groups in total. The van der Waals surface area contributed by atoms with Crippen molar-refractivity contribution in [1.82, 2.24) is 10.6 Å². The van der Waals surface area contributed by atoms with Crippen LogP contribution in [0.25, 0.3) is 0 Å². The number of hydrogen-bond donors (Lipinski definition) is 3. The third kappa shape index (κ3) is 3.42. The van der Waals surface area contributed by atoms with Gasteiger partial charge in [0, 0.05) is 6.54 Å². The van der Waals surface area contributed by atoms with Crippen molar-refractivity contribution in [1.29, 1.82) is 0 Å². The molecule has 21 heavy (non-hydrogen) atoms. The fraction of sp³-hybridized carbons (Fsp3) is 0.500. The molecule has 0 radical (unpaired) electrons. The molecule has 0 aliphatic carbocycles. The molecule has 0 bridgehead atoms. The molecule has 2 atom stereocenters. The van der Waals surface area contributed by atoms with E-state index in [9.17, 15) is 14.7 Å². The van der Waals surface area contributed by atoms with Gasteiger partial charge in [0.15, 0.2) is 0 Å². The highest BCUT2D eigenvalue weighted by molar-refractivity contribution is 5.89. The summed E-state index contributed by atoms with van der Waals surface area (Å²) in [5.74, 6) is -1.24. The summed E-state index contributed by atoms with van der Waals surface area (Å²) in [6, 6.07) is 7.60. The van der Waals surface area contributed by atoms with Gasteiger partial charge in [0.2, 0.25) is 5.91 Å². The highest BCUT2D eigenvalue weighted by Gasteiger charge is 2.36. The average Bonchev–Trinajstić information content (AvgIpc) is 2.46. The van der Waals surface area contributed by atoms with Gasteiger partial charge in [0.05, 0.1) is 6.04 Å². The summed E-state index contributed by atoms with van der Waals surface area (Å²) >= 11 is 0. The predicted molar refractivity (Wildman–Crippen MR) is 79.9 cm³/mol. The third-order valence-electron chi connectivity index (χ3n) is 4.02. The highest BCUT2D eigenvalue weighted by Crippen LogP contribution is 2.18. The zero-order chi connectivity index (χ0) is 15.5. The number of carboxylic acid groups (broad SMARTS) is 1. The van der Waals surface area contributed by atoms with Gasteiger partial charge in [-0.2, -0.15) is 0 Å². The number of amides is 1. The minimum atomic E-state index is -1.20. The molecule has 1 aliphatic heterocycles. The number of carbonyl (C=O) groups excluding carboxylic acids is 1. The Morgan fingerprint density at radius 3 is 2.67 bits per heavy atom. The largest absolute Gasteiger partial charge is 0.480 e. The molecule has 0 aromatic heterocycles. The lowest BCUT2D eigenvalue weighted by Gasteiger charge is -2.31. The van der Waals surface area contributed by atoms with E-state index in [0.29, 0.717) is 25.8 Å². The number of rotatable bonds is 5. The Labute approximate surface area is 124 Å². The maximum atomic E-state index is 12.4. The lowest BCUT2D eigenvalue weighted by Crippen LogP contribution is -2.58.